The summed E-state index contributed by atoms with van der Waals surface area (Å²) >= 11 is 14.4. The molecule has 3 aromatic rings. The van der Waals surface area contributed by atoms with E-state index >= 15 is 0 Å². The van der Waals surface area contributed by atoms with Gasteiger partial charge in [-0.25, -0.2) is 0 Å². The van der Waals surface area contributed by atoms with Gasteiger partial charge in [0.25, 0.3) is 5.91 Å². The molecule has 5 nitrogen and oxygen atoms in total. The minimum absolute atomic E-state index is 0.0948. The number of nitrogens with zero attached hydrogens (tertiary/aromatic N) is 1. The topological polar surface area (TPSA) is 55.8 Å². The van der Waals surface area contributed by atoms with Crippen LogP contribution in [-0.2, 0) is 24.8 Å². The number of benzene rings is 3. The van der Waals surface area contributed by atoms with Crippen molar-refractivity contribution in [1.82, 2.24) is 4.90 Å². The molecule has 1 fully saturated rings. The monoisotopic (exact) mass is 571 g/mol. The molecule has 0 aromatic heterocycles. The zero-order valence-corrected chi connectivity index (χ0v) is 23.7. The number of thioether (sulfide) groups is 1. The van der Waals surface area contributed by atoms with Gasteiger partial charge in [0.05, 0.1) is 19.6 Å². The third-order valence-corrected chi connectivity index (χ3v) is 8.33. The average molecular weight is 573 g/mol. The molecule has 1 unspecified atom stereocenters. The van der Waals surface area contributed by atoms with Crippen LogP contribution < -0.4 is 0 Å². The van der Waals surface area contributed by atoms with Crippen LogP contribution in [0.1, 0.15) is 48.6 Å². The molecular formula is C30H31Cl2NO4S. The van der Waals surface area contributed by atoms with E-state index in [1.807, 2.05) is 65.6 Å². The molecule has 1 amide bonds. The van der Waals surface area contributed by atoms with Crippen molar-refractivity contribution < 1.29 is 19.1 Å². The van der Waals surface area contributed by atoms with Crippen LogP contribution in [-0.4, -0.2) is 41.8 Å². The van der Waals surface area contributed by atoms with Crippen LogP contribution in [0.5, 0.6) is 0 Å². The standard InChI is InChI=1S/C30H31Cl2NO4S/c1-3-25(19-38-18-20-8-5-4-6-9-20)33-28(21-12-14-23(31)15-13-21)29(22-10-7-11-24(32)16-22)37-26(30(33)35)17-27(34)36-2/h4-16,25-26,28-29H,3,17-19H2,1-2H3/t25-,26?,28+,29+/m0/s1. The molecule has 1 aliphatic heterocycles. The molecule has 0 N–H and O–H groups in total. The van der Waals surface area contributed by atoms with E-state index < -0.39 is 24.2 Å². The number of hydrogen-bond acceptors (Lipinski definition) is 5. The van der Waals surface area contributed by atoms with Gasteiger partial charge in [-0.15, -0.1) is 0 Å². The predicted molar refractivity (Wildman–Crippen MR) is 153 cm³/mol. The molecule has 0 spiro atoms. The third-order valence-electron chi connectivity index (χ3n) is 6.68. The Morgan fingerprint density at radius 3 is 2.39 bits per heavy atom. The summed E-state index contributed by atoms with van der Waals surface area (Å²) in [5.41, 5.74) is 2.96. The summed E-state index contributed by atoms with van der Waals surface area (Å²) in [4.78, 5) is 28.2. The molecule has 38 heavy (non-hydrogen) atoms. The van der Waals surface area contributed by atoms with Crippen molar-refractivity contribution in [3.05, 3.63) is 106 Å². The van der Waals surface area contributed by atoms with Crippen molar-refractivity contribution in [1.29, 1.82) is 0 Å². The second-order valence-corrected chi connectivity index (χ2v) is 11.1. The molecule has 1 heterocycles. The lowest BCUT2D eigenvalue weighted by molar-refractivity contribution is -0.183. The molecule has 0 saturated carbocycles. The minimum atomic E-state index is -0.969. The largest absolute Gasteiger partial charge is 0.469 e. The van der Waals surface area contributed by atoms with Crippen molar-refractivity contribution >= 4 is 46.8 Å². The summed E-state index contributed by atoms with van der Waals surface area (Å²) in [7, 11) is 1.31. The van der Waals surface area contributed by atoms with Crippen LogP contribution >= 0.6 is 35.0 Å². The van der Waals surface area contributed by atoms with Crippen LogP contribution in [0.25, 0.3) is 0 Å². The number of rotatable bonds is 10. The highest BCUT2D eigenvalue weighted by Gasteiger charge is 2.47. The Morgan fingerprint density at radius 1 is 1.00 bits per heavy atom. The molecule has 200 valence electrons. The number of ether oxygens (including phenoxy) is 2. The highest BCUT2D eigenvalue weighted by Crippen LogP contribution is 2.45. The summed E-state index contributed by atoms with van der Waals surface area (Å²) in [6.07, 6.45) is -0.937. The Bertz CT molecular complexity index is 1220. The van der Waals surface area contributed by atoms with Gasteiger partial charge in [-0.05, 0) is 47.4 Å². The fraction of sp³-hybridized carbons (Fsp3) is 0.333. The van der Waals surface area contributed by atoms with E-state index in [9.17, 15) is 9.59 Å². The quantitative estimate of drug-likeness (QED) is 0.239. The van der Waals surface area contributed by atoms with E-state index in [0.29, 0.717) is 10.0 Å². The average Bonchev–Trinajstić information content (AvgIpc) is 2.93. The molecule has 8 heteroatoms. The third kappa shape index (κ3) is 6.92. The Hall–Kier alpha value is -2.51. The fourth-order valence-electron chi connectivity index (χ4n) is 4.76. The van der Waals surface area contributed by atoms with E-state index in [-0.39, 0.29) is 18.4 Å². The maximum Gasteiger partial charge on any atom is 0.308 e. The molecule has 4 rings (SSSR count). The number of halogens is 2. The van der Waals surface area contributed by atoms with Gasteiger partial charge in [-0.2, -0.15) is 11.8 Å². The Balaban J connectivity index is 1.73. The molecule has 3 aromatic carbocycles. The first-order valence-corrected chi connectivity index (χ1v) is 14.5. The molecule has 1 saturated heterocycles. The summed E-state index contributed by atoms with van der Waals surface area (Å²) in [6, 6.07) is 24.7. The summed E-state index contributed by atoms with van der Waals surface area (Å²) in [5, 5.41) is 1.18. The highest BCUT2D eigenvalue weighted by atomic mass is 35.5. The van der Waals surface area contributed by atoms with Gasteiger partial charge in [0.15, 0.2) is 0 Å². The van der Waals surface area contributed by atoms with Crippen molar-refractivity contribution in [2.45, 2.75) is 49.8 Å². The zero-order valence-electron chi connectivity index (χ0n) is 21.4. The van der Waals surface area contributed by atoms with Crippen LogP contribution in [0.15, 0.2) is 78.9 Å². The van der Waals surface area contributed by atoms with E-state index in [1.165, 1.54) is 12.7 Å². The second kappa shape index (κ2) is 13.5. The van der Waals surface area contributed by atoms with Crippen LogP contribution in [0.4, 0.5) is 0 Å². The first-order valence-electron chi connectivity index (χ1n) is 12.6. The fourth-order valence-corrected chi connectivity index (χ4v) is 6.30. The number of hydrogen-bond donors (Lipinski definition) is 0. The van der Waals surface area contributed by atoms with Crippen LogP contribution in [0.3, 0.4) is 0 Å². The van der Waals surface area contributed by atoms with E-state index in [0.717, 1.165) is 29.1 Å². The normalized spacial score (nSPS) is 20.3. The smallest absolute Gasteiger partial charge is 0.308 e. The number of amides is 1. The summed E-state index contributed by atoms with van der Waals surface area (Å²) < 4.78 is 11.3. The highest BCUT2D eigenvalue weighted by molar-refractivity contribution is 7.98. The number of carbonyl (C=O) groups is 2. The van der Waals surface area contributed by atoms with Gasteiger partial charge < -0.3 is 14.4 Å². The molecular weight excluding hydrogens is 541 g/mol. The SMILES string of the molecule is CC[C@@H](CSCc1ccccc1)N1C(=O)C(CC(=O)OC)O[C@H](c2cccc(Cl)c2)[C@H]1c1ccc(Cl)cc1. The number of carbonyl (C=O) groups excluding carboxylic acids is 2. The van der Waals surface area contributed by atoms with Crippen LogP contribution in [0, 0.1) is 0 Å². The molecule has 4 atom stereocenters. The number of esters is 1. The van der Waals surface area contributed by atoms with Crippen molar-refractivity contribution in [3.63, 3.8) is 0 Å². The summed E-state index contributed by atoms with van der Waals surface area (Å²) in [6.45, 7) is 2.08. The first-order chi connectivity index (χ1) is 18.4. The first kappa shape index (κ1) is 28.5. The van der Waals surface area contributed by atoms with Gasteiger partial charge in [0.2, 0.25) is 0 Å². The Labute approximate surface area is 238 Å². The molecule has 0 aliphatic carbocycles. The molecule has 0 bridgehead atoms. The van der Waals surface area contributed by atoms with Gasteiger partial charge in [-0.3, -0.25) is 9.59 Å². The van der Waals surface area contributed by atoms with Crippen molar-refractivity contribution in [2.75, 3.05) is 12.9 Å². The molecule has 1 aliphatic rings. The Kier molecular flexibility index (Phi) is 10.1. The van der Waals surface area contributed by atoms with Crippen molar-refractivity contribution in [2.24, 2.45) is 0 Å². The van der Waals surface area contributed by atoms with Gasteiger partial charge in [0.1, 0.15) is 12.2 Å². The van der Waals surface area contributed by atoms with Gasteiger partial charge in [-0.1, -0.05) is 84.7 Å². The predicted octanol–water partition coefficient (Wildman–Crippen LogP) is 7.28. The number of methoxy groups -OCH3 is 1. The van der Waals surface area contributed by atoms with Crippen molar-refractivity contribution in [3.8, 4) is 0 Å². The lowest BCUT2D eigenvalue weighted by Gasteiger charge is -2.48. The number of morpholine rings is 1. The van der Waals surface area contributed by atoms with Gasteiger partial charge in [0, 0.05) is 27.6 Å². The van der Waals surface area contributed by atoms with E-state index in [2.05, 4.69) is 19.1 Å². The van der Waals surface area contributed by atoms with E-state index in [1.54, 1.807) is 17.8 Å². The second-order valence-electron chi connectivity index (χ2n) is 9.19. The van der Waals surface area contributed by atoms with Gasteiger partial charge >= 0.3 is 5.97 Å². The summed E-state index contributed by atoms with van der Waals surface area (Å²) in [5.74, 6) is 0.851. The minimum Gasteiger partial charge on any atom is -0.469 e. The molecule has 0 radical (unpaired) electrons. The Morgan fingerprint density at radius 2 is 1.74 bits per heavy atom. The lowest BCUT2D eigenvalue weighted by atomic mass is 9.89. The van der Waals surface area contributed by atoms with Crippen LogP contribution in [0.2, 0.25) is 10.0 Å². The zero-order chi connectivity index (χ0) is 27.1. The van der Waals surface area contributed by atoms with E-state index in [4.69, 9.17) is 32.7 Å². The maximum absolute atomic E-state index is 14.0. The lowest BCUT2D eigenvalue weighted by Crippen LogP contribution is -2.55. The maximum atomic E-state index is 14.0.